The predicted molar refractivity (Wildman–Crippen MR) is 98.8 cm³/mol. The van der Waals surface area contributed by atoms with Crippen molar-refractivity contribution < 1.29 is 9.53 Å². The molecule has 1 aliphatic rings. The summed E-state index contributed by atoms with van der Waals surface area (Å²) in [5, 5.41) is 3.22. The number of ether oxygens (including phenoxy) is 1. The number of rotatable bonds is 5. The van der Waals surface area contributed by atoms with Crippen LogP contribution in [0.1, 0.15) is 23.2 Å². The number of aromatic nitrogens is 1. The highest BCUT2D eigenvalue weighted by Gasteiger charge is 2.24. The lowest BCUT2D eigenvalue weighted by Gasteiger charge is -2.32. The first-order valence-electron chi connectivity index (χ1n) is 8.74. The van der Waals surface area contributed by atoms with E-state index in [1.165, 1.54) is 6.42 Å². The summed E-state index contributed by atoms with van der Waals surface area (Å²) < 4.78 is 5.19. The van der Waals surface area contributed by atoms with E-state index in [0.29, 0.717) is 11.5 Å². The quantitative estimate of drug-likeness (QED) is 0.910. The number of nitrogens with one attached hydrogen (secondary N) is 1. The third kappa shape index (κ3) is 4.17. The number of hydrogen-bond donors (Lipinski definition) is 1. The van der Waals surface area contributed by atoms with Gasteiger partial charge in [-0.25, -0.2) is 0 Å². The maximum atomic E-state index is 12.9. The Morgan fingerprint density at radius 1 is 1.28 bits per heavy atom. The number of pyridine rings is 1. The van der Waals surface area contributed by atoms with Crippen LogP contribution in [0.5, 0.6) is 5.75 Å². The fraction of sp³-hybridized carbons (Fsp3) is 0.400. The first-order valence-corrected chi connectivity index (χ1v) is 8.74. The Labute approximate surface area is 149 Å². The van der Waals surface area contributed by atoms with Gasteiger partial charge in [-0.2, -0.15) is 0 Å². The number of carbonyl (C=O) groups excluding carboxylic acids is 1. The summed E-state index contributed by atoms with van der Waals surface area (Å²) in [5.41, 5.74) is 2.62. The van der Waals surface area contributed by atoms with E-state index in [1.54, 1.807) is 19.5 Å². The van der Waals surface area contributed by atoms with Gasteiger partial charge < -0.3 is 15.0 Å². The molecule has 1 unspecified atom stereocenters. The molecule has 1 N–H and O–H groups in total. The summed E-state index contributed by atoms with van der Waals surface area (Å²) in [4.78, 5) is 19.1. The van der Waals surface area contributed by atoms with Crippen molar-refractivity contribution in [2.24, 2.45) is 5.92 Å². The van der Waals surface area contributed by atoms with E-state index in [9.17, 15) is 4.79 Å². The van der Waals surface area contributed by atoms with Crippen LogP contribution in [0.25, 0.3) is 11.1 Å². The molecule has 1 aromatic carbocycles. The number of hydrogen-bond acceptors (Lipinski definition) is 4. The van der Waals surface area contributed by atoms with Gasteiger partial charge >= 0.3 is 0 Å². The molecule has 3 rings (SSSR count). The van der Waals surface area contributed by atoms with E-state index in [4.69, 9.17) is 4.74 Å². The summed E-state index contributed by atoms with van der Waals surface area (Å²) in [5.74, 6) is 1.41. The van der Waals surface area contributed by atoms with Crippen LogP contribution in [0, 0.1) is 5.92 Å². The first kappa shape index (κ1) is 17.4. The van der Waals surface area contributed by atoms with Gasteiger partial charge in [-0.05, 0) is 56.1 Å². The van der Waals surface area contributed by atoms with Gasteiger partial charge in [0.2, 0.25) is 0 Å². The van der Waals surface area contributed by atoms with E-state index in [1.807, 2.05) is 42.3 Å². The molecule has 25 heavy (non-hydrogen) atoms. The van der Waals surface area contributed by atoms with Crippen molar-refractivity contribution in [3.63, 3.8) is 0 Å². The highest BCUT2D eigenvalue weighted by molar-refractivity contribution is 5.95. The monoisotopic (exact) mass is 339 g/mol. The lowest BCUT2D eigenvalue weighted by molar-refractivity contribution is 0.0674. The predicted octanol–water partition coefficient (Wildman–Crippen LogP) is 2.83. The van der Waals surface area contributed by atoms with E-state index in [2.05, 4.69) is 10.3 Å². The smallest absolute Gasteiger partial charge is 0.255 e. The Morgan fingerprint density at radius 3 is 2.80 bits per heavy atom. The Morgan fingerprint density at radius 2 is 2.08 bits per heavy atom. The van der Waals surface area contributed by atoms with E-state index in [-0.39, 0.29) is 5.91 Å². The topological polar surface area (TPSA) is 54.5 Å². The zero-order valence-electron chi connectivity index (χ0n) is 14.9. The van der Waals surface area contributed by atoms with Gasteiger partial charge in [-0.1, -0.05) is 12.1 Å². The number of nitrogens with zero attached hydrogens (tertiary/aromatic N) is 2. The molecular weight excluding hydrogens is 314 g/mol. The minimum absolute atomic E-state index is 0.0728. The maximum absolute atomic E-state index is 12.9. The molecule has 1 fully saturated rings. The normalized spacial score (nSPS) is 17.4. The highest BCUT2D eigenvalue weighted by Crippen LogP contribution is 2.24. The molecule has 5 heteroatoms. The second kappa shape index (κ2) is 8.12. The molecule has 5 nitrogen and oxygen atoms in total. The molecule has 0 bridgehead atoms. The van der Waals surface area contributed by atoms with Gasteiger partial charge in [0.25, 0.3) is 5.91 Å². The number of piperidine rings is 1. The van der Waals surface area contributed by atoms with Gasteiger partial charge in [-0.15, -0.1) is 0 Å². The zero-order valence-corrected chi connectivity index (χ0v) is 14.9. The van der Waals surface area contributed by atoms with Crippen LogP contribution in [0.15, 0.2) is 42.7 Å². The SMILES string of the molecule is CNCC1CCCN(C(=O)c2cncc(-c3ccc(OC)cc3)c2)C1. The number of methoxy groups -OCH3 is 1. The minimum atomic E-state index is 0.0728. The lowest BCUT2D eigenvalue weighted by atomic mass is 9.97. The van der Waals surface area contributed by atoms with Gasteiger partial charge in [0.05, 0.1) is 12.7 Å². The summed E-state index contributed by atoms with van der Waals surface area (Å²) in [6.45, 7) is 2.59. The maximum Gasteiger partial charge on any atom is 0.255 e. The van der Waals surface area contributed by atoms with Crippen molar-refractivity contribution in [1.82, 2.24) is 15.2 Å². The second-order valence-corrected chi connectivity index (χ2v) is 6.51. The average Bonchev–Trinajstić information content (AvgIpc) is 2.68. The second-order valence-electron chi connectivity index (χ2n) is 6.51. The molecular formula is C20H25N3O2. The van der Waals surface area contributed by atoms with Crippen molar-refractivity contribution in [2.75, 3.05) is 33.8 Å². The summed E-state index contributed by atoms with van der Waals surface area (Å²) in [7, 11) is 3.61. The number of benzene rings is 1. The summed E-state index contributed by atoms with van der Waals surface area (Å²) in [6.07, 6.45) is 5.69. The Kier molecular flexibility index (Phi) is 5.66. The van der Waals surface area contributed by atoms with Crippen LogP contribution in [-0.2, 0) is 0 Å². The third-order valence-corrected chi connectivity index (χ3v) is 4.71. The minimum Gasteiger partial charge on any atom is -0.497 e. The van der Waals surface area contributed by atoms with Crippen molar-refractivity contribution in [3.8, 4) is 16.9 Å². The molecule has 1 aromatic heterocycles. The zero-order chi connectivity index (χ0) is 17.6. The largest absolute Gasteiger partial charge is 0.497 e. The van der Waals surface area contributed by atoms with Crippen LogP contribution < -0.4 is 10.1 Å². The highest BCUT2D eigenvalue weighted by atomic mass is 16.5. The Balaban J connectivity index is 1.77. The van der Waals surface area contributed by atoms with Crippen molar-refractivity contribution in [1.29, 1.82) is 0 Å². The third-order valence-electron chi connectivity index (χ3n) is 4.71. The summed E-state index contributed by atoms with van der Waals surface area (Å²) >= 11 is 0. The molecule has 1 atom stereocenters. The number of likely N-dealkylation sites (tertiary alicyclic amines) is 1. The molecule has 0 saturated carbocycles. The molecule has 132 valence electrons. The molecule has 0 aliphatic carbocycles. The van der Waals surface area contributed by atoms with Crippen LogP contribution in [-0.4, -0.2) is 49.6 Å². The molecule has 1 amide bonds. The van der Waals surface area contributed by atoms with Gasteiger partial charge in [-0.3, -0.25) is 9.78 Å². The molecule has 2 aromatic rings. The van der Waals surface area contributed by atoms with E-state index >= 15 is 0 Å². The number of carbonyl (C=O) groups is 1. The molecule has 0 radical (unpaired) electrons. The van der Waals surface area contributed by atoms with Crippen LogP contribution in [0.2, 0.25) is 0 Å². The van der Waals surface area contributed by atoms with E-state index in [0.717, 1.165) is 42.9 Å². The Bertz CT molecular complexity index is 713. The molecule has 2 heterocycles. The van der Waals surface area contributed by atoms with E-state index < -0.39 is 0 Å². The fourth-order valence-corrected chi connectivity index (χ4v) is 3.39. The molecule has 1 saturated heterocycles. The van der Waals surface area contributed by atoms with Gasteiger partial charge in [0, 0.05) is 31.0 Å². The van der Waals surface area contributed by atoms with Crippen LogP contribution >= 0.6 is 0 Å². The lowest BCUT2D eigenvalue weighted by Crippen LogP contribution is -2.42. The van der Waals surface area contributed by atoms with Crippen molar-refractivity contribution in [2.45, 2.75) is 12.8 Å². The van der Waals surface area contributed by atoms with Crippen molar-refractivity contribution in [3.05, 3.63) is 48.3 Å². The van der Waals surface area contributed by atoms with Crippen LogP contribution in [0.4, 0.5) is 0 Å². The first-order chi connectivity index (χ1) is 12.2. The van der Waals surface area contributed by atoms with Crippen LogP contribution in [0.3, 0.4) is 0 Å². The molecule has 0 spiro atoms. The number of amides is 1. The molecule has 1 aliphatic heterocycles. The summed E-state index contributed by atoms with van der Waals surface area (Å²) in [6, 6.07) is 9.72. The standard InChI is InChI=1S/C20H25N3O2/c1-21-11-15-4-3-9-23(14-15)20(24)18-10-17(12-22-13-18)16-5-7-19(25-2)8-6-16/h5-8,10,12-13,15,21H,3-4,9,11,14H2,1-2H3. The van der Waals surface area contributed by atoms with Gasteiger partial charge in [0.1, 0.15) is 5.75 Å². The van der Waals surface area contributed by atoms with Crippen molar-refractivity contribution >= 4 is 5.91 Å². The fourth-order valence-electron chi connectivity index (χ4n) is 3.39. The average molecular weight is 339 g/mol. The van der Waals surface area contributed by atoms with Gasteiger partial charge in [0.15, 0.2) is 0 Å². The Hall–Kier alpha value is -2.40.